The number of para-hydroxylation sites is 1. The normalized spacial score (nSPS) is 20.7. The van der Waals surface area contributed by atoms with E-state index in [1.807, 2.05) is 31.2 Å². The van der Waals surface area contributed by atoms with Gasteiger partial charge < -0.3 is 9.64 Å². The molecule has 7 heteroatoms. The van der Waals surface area contributed by atoms with Crippen molar-refractivity contribution in [2.24, 2.45) is 0 Å². The SMILES string of the molecule is CCN1C(=O)C(=C2SC(=S)N(CCOC)C2=O)c2ccccc21. The average molecular weight is 348 g/mol. The smallest absolute Gasteiger partial charge is 0.267 e. The molecule has 0 unspecified atom stereocenters. The molecule has 23 heavy (non-hydrogen) atoms. The van der Waals surface area contributed by atoms with E-state index >= 15 is 0 Å². The number of nitrogens with zero attached hydrogens (tertiary/aromatic N) is 2. The van der Waals surface area contributed by atoms with Gasteiger partial charge >= 0.3 is 0 Å². The lowest BCUT2D eigenvalue weighted by Gasteiger charge is -2.14. The molecule has 2 amide bonds. The second-order valence-electron chi connectivity index (χ2n) is 5.09. The highest BCUT2D eigenvalue weighted by atomic mass is 32.2. The van der Waals surface area contributed by atoms with Crippen molar-refractivity contribution in [2.45, 2.75) is 6.92 Å². The van der Waals surface area contributed by atoms with Gasteiger partial charge in [-0.15, -0.1) is 0 Å². The van der Waals surface area contributed by atoms with Crippen LogP contribution >= 0.6 is 24.0 Å². The number of likely N-dealkylation sites (N-methyl/N-ethyl adjacent to an activating group) is 1. The highest BCUT2D eigenvalue weighted by Gasteiger charge is 2.41. The molecule has 0 spiro atoms. The monoisotopic (exact) mass is 348 g/mol. The maximum Gasteiger partial charge on any atom is 0.267 e. The van der Waals surface area contributed by atoms with Crippen LogP contribution in [0.15, 0.2) is 29.2 Å². The number of carbonyl (C=O) groups is 2. The predicted molar refractivity (Wildman–Crippen MR) is 95.2 cm³/mol. The Kier molecular flexibility index (Phi) is 4.52. The number of amides is 2. The fourth-order valence-electron chi connectivity index (χ4n) is 2.74. The Hall–Kier alpha value is -1.70. The van der Waals surface area contributed by atoms with E-state index in [1.54, 1.807) is 12.0 Å². The van der Waals surface area contributed by atoms with Gasteiger partial charge in [0.1, 0.15) is 4.32 Å². The second-order valence-corrected chi connectivity index (χ2v) is 6.73. The number of benzene rings is 1. The molecule has 0 radical (unpaired) electrons. The minimum absolute atomic E-state index is 0.138. The molecule has 0 saturated carbocycles. The van der Waals surface area contributed by atoms with Gasteiger partial charge in [-0.05, 0) is 13.0 Å². The summed E-state index contributed by atoms with van der Waals surface area (Å²) in [5, 5.41) is 0. The minimum Gasteiger partial charge on any atom is -0.383 e. The summed E-state index contributed by atoms with van der Waals surface area (Å²) in [6.45, 7) is 3.27. The van der Waals surface area contributed by atoms with E-state index < -0.39 is 0 Å². The summed E-state index contributed by atoms with van der Waals surface area (Å²) >= 11 is 6.49. The number of thiocarbonyl (C=S) groups is 1. The quantitative estimate of drug-likeness (QED) is 0.617. The Bertz CT molecular complexity index is 730. The molecule has 0 bridgehead atoms. The summed E-state index contributed by atoms with van der Waals surface area (Å²) in [6, 6.07) is 7.54. The zero-order valence-corrected chi connectivity index (χ0v) is 14.5. The van der Waals surface area contributed by atoms with Crippen LogP contribution in [0.3, 0.4) is 0 Å². The topological polar surface area (TPSA) is 49.9 Å². The van der Waals surface area contributed by atoms with Crippen molar-refractivity contribution in [2.75, 3.05) is 31.7 Å². The van der Waals surface area contributed by atoms with Gasteiger partial charge in [0.05, 0.1) is 29.3 Å². The first-order valence-corrected chi connectivity index (χ1v) is 8.50. The number of hydrogen-bond donors (Lipinski definition) is 0. The lowest BCUT2D eigenvalue weighted by atomic mass is 10.1. The Morgan fingerprint density at radius 3 is 2.61 bits per heavy atom. The number of rotatable bonds is 4. The number of methoxy groups -OCH3 is 1. The van der Waals surface area contributed by atoms with Crippen LogP contribution in [0.25, 0.3) is 5.57 Å². The molecule has 0 aromatic heterocycles. The maximum absolute atomic E-state index is 12.8. The van der Waals surface area contributed by atoms with Crippen molar-refractivity contribution in [1.29, 1.82) is 0 Å². The Morgan fingerprint density at radius 1 is 1.17 bits per heavy atom. The number of thioether (sulfide) groups is 1. The van der Waals surface area contributed by atoms with Gasteiger partial charge in [0.25, 0.3) is 11.8 Å². The second kappa shape index (κ2) is 6.43. The molecule has 2 aliphatic rings. The van der Waals surface area contributed by atoms with Gasteiger partial charge in [-0.25, -0.2) is 0 Å². The lowest BCUT2D eigenvalue weighted by Crippen LogP contribution is -2.32. The Morgan fingerprint density at radius 2 is 1.91 bits per heavy atom. The maximum atomic E-state index is 12.8. The van der Waals surface area contributed by atoms with E-state index in [9.17, 15) is 9.59 Å². The number of fused-ring (bicyclic) bond motifs is 1. The molecule has 1 saturated heterocycles. The van der Waals surface area contributed by atoms with E-state index in [0.717, 1.165) is 11.3 Å². The standard InChI is InChI=1S/C16H16N2O3S2/c1-3-17-11-7-5-4-6-10(11)12(14(17)19)13-15(20)18(8-9-21-2)16(22)23-13/h4-7H,3,8-9H2,1-2H3. The molecule has 1 fully saturated rings. The molecule has 2 aliphatic heterocycles. The fraction of sp³-hybridized carbons (Fsp3) is 0.312. The molecule has 1 aromatic carbocycles. The third-order valence-corrected chi connectivity index (χ3v) is 5.28. The zero-order valence-electron chi connectivity index (χ0n) is 12.9. The third-order valence-electron chi connectivity index (χ3n) is 3.83. The summed E-state index contributed by atoms with van der Waals surface area (Å²) in [5.74, 6) is -0.353. The first kappa shape index (κ1) is 16.2. The summed E-state index contributed by atoms with van der Waals surface area (Å²) in [5.41, 5.74) is 2.10. The van der Waals surface area contributed by atoms with Crippen LogP contribution < -0.4 is 4.90 Å². The minimum atomic E-state index is -0.215. The van der Waals surface area contributed by atoms with Crippen LogP contribution in [0.1, 0.15) is 12.5 Å². The van der Waals surface area contributed by atoms with Gasteiger partial charge in [0.2, 0.25) is 0 Å². The molecule has 0 atom stereocenters. The van der Waals surface area contributed by atoms with Gasteiger partial charge in [0, 0.05) is 19.2 Å². The number of hydrogen-bond acceptors (Lipinski definition) is 5. The van der Waals surface area contributed by atoms with Crippen LogP contribution in [-0.4, -0.2) is 47.8 Å². The summed E-state index contributed by atoms with van der Waals surface area (Å²) in [4.78, 5) is 29.1. The molecule has 5 nitrogen and oxygen atoms in total. The van der Waals surface area contributed by atoms with Crippen LogP contribution in [-0.2, 0) is 14.3 Å². The van der Waals surface area contributed by atoms with E-state index in [4.69, 9.17) is 17.0 Å². The van der Waals surface area contributed by atoms with Crippen LogP contribution in [0.4, 0.5) is 5.69 Å². The highest BCUT2D eigenvalue weighted by Crippen LogP contribution is 2.44. The van der Waals surface area contributed by atoms with E-state index in [0.29, 0.717) is 34.5 Å². The van der Waals surface area contributed by atoms with Crippen LogP contribution in [0.2, 0.25) is 0 Å². The molecule has 0 aliphatic carbocycles. The first-order chi connectivity index (χ1) is 11.1. The third kappa shape index (κ3) is 2.58. The van der Waals surface area contributed by atoms with Gasteiger partial charge in [-0.2, -0.15) is 0 Å². The van der Waals surface area contributed by atoms with Crippen molar-refractivity contribution < 1.29 is 14.3 Å². The molecule has 1 aromatic rings. The average Bonchev–Trinajstić information content (AvgIpc) is 2.98. The Labute approximate surface area is 144 Å². The van der Waals surface area contributed by atoms with Gasteiger partial charge in [0.15, 0.2) is 0 Å². The summed E-state index contributed by atoms with van der Waals surface area (Å²) < 4.78 is 5.49. The molecule has 2 heterocycles. The van der Waals surface area contributed by atoms with Crippen LogP contribution in [0.5, 0.6) is 0 Å². The van der Waals surface area contributed by atoms with Crippen LogP contribution in [0, 0.1) is 0 Å². The number of carbonyl (C=O) groups excluding carboxylic acids is 2. The van der Waals surface area contributed by atoms with Crippen molar-refractivity contribution in [3.05, 3.63) is 34.7 Å². The van der Waals surface area contributed by atoms with Gasteiger partial charge in [-0.3, -0.25) is 14.5 Å². The molecular formula is C16H16N2O3S2. The zero-order chi connectivity index (χ0) is 16.6. The van der Waals surface area contributed by atoms with E-state index in [1.165, 1.54) is 16.7 Å². The van der Waals surface area contributed by atoms with Crippen molar-refractivity contribution in [1.82, 2.24) is 4.90 Å². The molecule has 0 N–H and O–H groups in total. The van der Waals surface area contributed by atoms with Crippen molar-refractivity contribution in [3.8, 4) is 0 Å². The summed E-state index contributed by atoms with van der Waals surface area (Å²) in [6.07, 6.45) is 0. The first-order valence-electron chi connectivity index (χ1n) is 7.28. The highest BCUT2D eigenvalue weighted by molar-refractivity contribution is 8.26. The largest absolute Gasteiger partial charge is 0.383 e. The summed E-state index contributed by atoms with van der Waals surface area (Å²) in [7, 11) is 1.58. The lowest BCUT2D eigenvalue weighted by molar-refractivity contribution is -0.123. The predicted octanol–water partition coefficient (Wildman–Crippen LogP) is 2.27. The number of ether oxygens (including phenoxy) is 1. The fourth-order valence-corrected chi connectivity index (χ4v) is 4.12. The Balaban J connectivity index is 2.07. The van der Waals surface area contributed by atoms with Crippen molar-refractivity contribution in [3.63, 3.8) is 0 Å². The van der Waals surface area contributed by atoms with E-state index in [2.05, 4.69) is 0 Å². The van der Waals surface area contributed by atoms with Gasteiger partial charge in [-0.1, -0.05) is 42.2 Å². The molecular weight excluding hydrogens is 332 g/mol. The molecule has 120 valence electrons. The molecule has 3 rings (SSSR count). The van der Waals surface area contributed by atoms with E-state index in [-0.39, 0.29) is 11.8 Å². The number of anilines is 1. The van der Waals surface area contributed by atoms with Crippen molar-refractivity contribution >= 4 is 51.4 Å².